The van der Waals surface area contributed by atoms with Gasteiger partial charge in [0.1, 0.15) is 47.4 Å². The van der Waals surface area contributed by atoms with Crippen molar-refractivity contribution in [2.24, 2.45) is 0 Å². The molecule has 0 N–H and O–H groups in total. The van der Waals surface area contributed by atoms with Gasteiger partial charge in [0.05, 0.1) is 44.2 Å². The minimum atomic E-state index is -0.292. The largest absolute Gasteiger partial charge is 0.441 e. The normalized spacial score (nSPS) is 20.6. The van der Waals surface area contributed by atoms with Crippen LogP contribution in [0.4, 0.5) is 8.78 Å². The van der Waals surface area contributed by atoms with E-state index in [0.717, 1.165) is 85.9 Å². The van der Waals surface area contributed by atoms with Gasteiger partial charge in [-0.05, 0) is 114 Å². The van der Waals surface area contributed by atoms with Crippen molar-refractivity contribution in [1.29, 1.82) is 0 Å². The van der Waals surface area contributed by atoms with Gasteiger partial charge in [0, 0.05) is 11.1 Å². The highest BCUT2D eigenvalue weighted by molar-refractivity contribution is 5.54. The van der Waals surface area contributed by atoms with Crippen LogP contribution in [0.1, 0.15) is 74.3 Å². The third-order valence-electron chi connectivity index (χ3n) is 8.88. The molecule has 2 aromatic heterocycles. The number of ether oxygens (including phenoxy) is 4. The minimum Gasteiger partial charge on any atom is -0.441 e. The first-order valence-electron chi connectivity index (χ1n) is 17.3. The second kappa shape index (κ2) is 18.8. The van der Waals surface area contributed by atoms with E-state index in [2.05, 4.69) is 16.5 Å². The van der Waals surface area contributed by atoms with Crippen LogP contribution in [-0.2, 0) is 37.0 Å². The number of carbonyl (C=O) groups excluding carboxylic acids is 1. The van der Waals surface area contributed by atoms with E-state index in [-0.39, 0.29) is 42.7 Å². The third kappa shape index (κ3) is 11.0. The lowest BCUT2D eigenvalue weighted by molar-refractivity contribution is -0.116. The topological polar surface area (TPSA) is 106 Å². The molecule has 2 saturated carbocycles. The number of benzene rings is 2. The summed E-state index contributed by atoms with van der Waals surface area (Å²) in [5.41, 5.74) is 3.02. The molecule has 0 bridgehead atoms. The summed E-state index contributed by atoms with van der Waals surface area (Å²) in [5, 5.41) is 0. The fourth-order valence-corrected chi connectivity index (χ4v) is 6.14. The second-order valence-electron chi connectivity index (χ2n) is 12.6. The van der Waals surface area contributed by atoms with Gasteiger partial charge < -0.3 is 32.6 Å². The van der Waals surface area contributed by atoms with Gasteiger partial charge in [-0.1, -0.05) is 6.08 Å². The Morgan fingerprint density at radius 3 is 1.48 bits per heavy atom. The molecule has 4 aromatic rings. The number of aromatic nitrogens is 2. The van der Waals surface area contributed by atoms with Crippen molar-refractivity contribution in [3.8, 4) is 22.9 Å². The fraction of sp³-hybridized carbons (Fsp3) is 0.462. The summed E-state index contributed by atoms with van der Waals surface area (Å²) in [6, 6.07) is 12.2. The molecule has 4 unspecified atom stereocenters. The van der Waals surface area contributed by atoms with Crippen molar-refractivity contribution in [3.63, 3.8) is 0 Å². The SMILES string of the molecule is C=CCOC1CCCC(OCc2nc(-c3ccc(F)cc3)oc2C)C1.Cc1oc(-c2ccc(F)cc2)nc1COC1CCCC(OCC=O)C1. The van der Waals surface area contributed by atoms with Crippen molar-refractivity contribution in [3.05, 3.63) is 95.7 Å². The average Bonchev–Trinajstić information content (AvgIpc) is 3.70. The highest BCUT2D eigenvalue weighted by Crippen LogP contribution is 2.28. The van der Waals surface area contributed by atoms with Crippen LogP contribution < -0.4 is 0 Å². The standard InChI is InChI=1S/C20H24FNO3.C19H22FNO4/c1-3-11-23-17-5-4-6-18(12-17)24-13-19-14(2)25-20(22-19)15-7-9-16(21)10-8-15;1-13-18(21-19(25-13)14-5-7-15(20)8-6-14)12-24-17-4-2-3-16(11-17)23-10-9-22/h3,7-10,17-18H,1,4-6,11-13H2,2H3;5-9,16-17H,2-4,10-12H2,1H3. The highest BCUT2D eigenvalue weighted by Gasteiger charge is 2.25. The monoisotopic (exact) mass is 692 g/mol. The van der Waals surface area contributed by atoms with Crippen LogP contribution in [-0.4, -0.2) is 53.9 Å². The van der Waals surface area contributed by atoms with Crippen LogP contribution in [0.5, 0.6) is 0 Å². The Kier molecular flexibility index (Phi) is 14.0. The van der Waals surface area contributed by atoms with Gasteiger partial charge in [-0.3, -0.25) is 0 Å². The molecule has 0 spiro atoms. The zero-order valence-corrected chi connectivity index (χ0v) is 28.8. The summed E-state index contributed by atoms with van der Waals surface area (Å²) in [7, 11) is 0. The molecule has 4 atom stereocenters. The molecule has 2 heterocycles. The van der Waals surface area contributed by atoms with Crippen molar-refractivity contribution < 1.29 is 41.4 Å². The van der Waals surface area contributed by atoms with Crippen molar-refractivity contribution in [1.82, 2.24) is 9.97 Å². The van der Waals surface area contributed by atoms with E-state index in [1.54, 1.807) is 30.3 Å². The van der Waals surface area contributed by atoms with Gasteiger partial charge in [0.2, 0.25) is 11.8 Å². The van der Waals surface area contributed by atoms with Gasteiger partial charge in [-0.2, -0.15) is 0 Å². The number of aldehydes is 1. The number of rotatable bonds is 14. The molecular weight excluding hydrogens is 646 g/mol. The summed E-state index contributed by atoms with van der Waals surface area (Å²) in [4.78, 5) is 19.4. The van der Waals surface area contributed by atoms with Crippen LogP contribution in [0, 0.1) is 25.5 Å². The number of oxazole rings is 2. The van der Waals surface area contributed by atoms with Crippen LogP contribution in [0.2, 0.25) is 0 Å². The molecular formula is C39H46F2N2O7. The Balaban J connectivity index is 0.000000194. The van der Waals surface area contributed by atoms with E-state index in [4.69, 9.17) is 27.8 Å². The van der Waals surface area contributed by atoms with Crippen LogP contribution in [0.25, 0.3) is 22.9 Å². The molecule has 268 valence electrons. The zero-order valence-electron chi connectivity index (χ0n) is 28.8. The molecule has 0 radical (unpaired) electrons. The summed E-state index contributed by atoms with van der Waals surface area (Å²) in [6.07, 6.45) is 11.0. The molecule has 6 rings (SSSR count). The molecule has 0 amide bonds. The van der Waals surface area contributed by atoms with Crippen molar-refractivity contribution in [2.75, 3.05) is 13.2 Å². The summed E-state index contributed by atoms with van der Waals surface area (Å²) in [6.45, 7) is 8.90. The molecule has 11 heteroatoms. The van der Waals surface area contributed by atoms with E-state index in [9.17, 15) is 13.6 Å². The lowest BCUT2D eigenvalue weighted by atomic mass is 9.95. The first-order chi connectivity index (χ1) is 24.3. The lowest BCUT2D eigenvalue weighted by Crippen LogP contribution is -2.28. The van der Waals surface area contributed by atoms with Gasteiger partial charge in [-0.25, -0.2) is 18.7 Å². The van der Waals surface area contributed by atoms with Gasteiger partial charge >= 0.3 is 0 Å². The van der Waals surface area contributed by atoms with E-state index < -0.39 is 0 Å². The molecule has 0 aliphatic heterocycles. The Bertz CT molecular complexity index is 1520. The third-order valence-corrected chi connectivity index (χ3v) is 8.88. The smallest absolute Gasteiger partial charge is 0.226 e. The number of aryl methyl sites for hydroxylation is 2. The number of hydrogen-bond acceptors (Lipinski definition) is 9. The summed E-state index contributed by atoms with van der Waals surface area (Å²) < 4.78 is 60.7. The zero-order chi connectivity index (χ0) is 35.3. The van der Waals surface area contributed by atoms with Crippen LogP contribution in [0.3, 0.4) is 0 Å². The van der Waals surface area contributed by atoms with Gasteiger partial charge in [-0.15, -0.1) is 6.58 Å². The van der Waals surface area contributed by atoms with Gasteiger partial charge in [0.15, 0.2) is 0 Å². The first kappa shape index (κ1) is 37.2. The fourth-order valence-electron chi connectivity index (χ4n) is 6.14. The first-order valence-corrected chi connectivity index (χ1v) is 17.3. The van der Waals surface area contributed by atoms with Crippen LogP contribution in [0.15, 0.2) is 70.0 Å². The predicted octanol–water partition coefficient (Wildman–Crippen LogP) is 8.65. The maximum atomic E-state index is 13.0. The molecule has 2 aliphatic carbocycles. The summed E-state index contributed by atoms with van der Waals surface area (Å²) >= 11 is 0. The number of halogens is 2. The maximum Gasteiger partial charge on any atom is 0.226 e. The van der Waals surface area contributed by atoms with Gasteiger partial charge in [0.25, 0.3) is 0 Å². The molecule has 9 nitrogen and oxygen atoms in total. The second-order valence-corrected chi connectivity index (χ2v) is 12.6. The Morgan fingerprint density at radius 1 is 0.680 bits per heavy atom. The Morgan fingerprint density at radius 2 is 1.08 bits per heavy atom. The molecule has 2 aliphatic rings. The van der Waals surface area contributed by atoms with Crippen molar-refractivity contribution in [2.45, 2.75) is 103 Å². The molecule has 2 fully saturated rings. The summed E-state index contributed by atoms with van der Waals surface area (Å²) in [5.74, 6) is 1.82. The quantitative estimate of drug-likeness (QED) is 0.0948. The number of nitrogens with zero attached hydrogens (tertiary/aromatic N) is 2. The Labute approximate surface area is 292 Å². The lowest BCUT2D eigenvalue weighted by Gasteiger charge is -2.28. The van der Waals surface area contributed by atoms with Crippen molar-refractivity contribution >= 4 is 6.29 Å². The van der Waals surface area contributed by atoms with E-state index in [1.807, 2.05) is 13.8 Å². The van der Waals surface area contributed by atoms with E-state index in [1.165, 1.54) is 24.3 Å². The van der Waals surface area contributed by atoms with Crippen LogP contribution >= 0.6 is 0 Å². The molecule has 50 heavy (non-hydrogen) atoms. The minimum absolute atomic E-state index is 0.0807. The highest BCUT2D eigenvalue weighted by atomic mass is 19.1. The Hall–Kier alpha value is -4.03. The van der Waals surface area contributed by atoms with E-state index >= 15 is 0 Å². The van der Waals surface area contributed by atoms with E-state index in [0.29, 0.717) is 37.4 Å². The number of carbonyl (C=O) groups is 1. The average molecular weight is 693 g/mol. The molecule has 2 aromatic carbocycles. The number of hydrogen-bond donors (Lipinski definition) is 0. The predicted molar refractivity (Wildman–Crippen MR) is 183 cm³/mol. The molecule has 0 saturated heterocycles. The maximum absolute atomic E-state index is 13.0.